The van der Waals surface area contributed by atoms with Crippen LogP contribution in [0.25, 0.3) is 11.0 Å². The summed E-state index contributed by atoms with van der Waals surface area (Å²) >= 11 is 0. The summed E-state index contributed by atoms with van der Waals surface area (Å²) in [4.78, 5) is 38.0. The normalized spacial score (nSPS) is 14.4. The van der Waals surface area contributed by atoms with Gasteiger partial charge in [-0.3, -0.25) is 9.59 Å². The summed E-state index contributed by atoms with van der Waals surface area (Å²) in [5.74, 6) is 0.962. The smallest absolute Gasteiger partial charge is 0.242 e. The Morgan fingerprint density at radius 1 is 0.931 bits per heavy atom. The first kappa shape index (κ1) is 19.1. The van der Waals surface area contributed by atoms with Gasteiger partial charge >= 0.3 is 0 Å². The number of benzene rings is 1. The first-order chi connectivity index (χ1) is 13.9. The number of rotatable bonds is 3. The highest BCUT2D eigenvalue weighted by molar-refractivity contribution is 5.77. The second-order valence-corrected chi connectivity index (χ2v) is 7.55. The lowest BCUT2D eigenvalue weighted by atomic mass is 10.2. The van der Waals surface area contributed by atoms with Crippen molar-refractivity contribution in [2.75, 3.05) is 31.1 Å². The van der Waals surface area contributed by atoms with Crippen LogP contribution in [0.15, 0.2) is 41.2 Å². The van der Waals surface area contributed by atoms with Crippen LogP contribution in [0.5, 0.6) is 0 Å². The number of amides is 1. The molecule has 1 aliphatic heterocycles. The molecule has 3 heterocycles. The van der Waals surface area contributed by atoms with Crippen molar-refractivity contribution in [3.8, 4) is 0 Å². The molecule has 7 heteroatoms. The van der Waals surface area contributed by atoms with Crippen LogP contribution in [0.4, 0.5) is 5.82 Å². The van der Waals surface area contributed by atoms with Gasteiger partial charge in [-0.05, 0) is 32.9 Å². The quantitative estimate of drug-likeness (QED) is 0.684. The van der Waals surface area contributed by atoms with E-state index in [9.17, 15) is 9.59 Å². The Balaban J connectivity index is 1.45. The average molecular weight is 391 g/mol. The van der Waals surface area contributed by atoms with E-state index in [0.717, 1.165) is 47.0 Å². The number of aromatic nitrogens is 3. The van der Waals surface area contributed by atoms with E-state index in [1.54, 1.807) is 12.1 Å². The number of fused-ring (bicyclic) bond motifs is 1. The number of anilines is 1. The number of carbonyl (C=O) groups excluding carboxylic acids is 1. The van der Waals surface area contributed by atoms with Crippen molar-refractivity contribution in [1.82, 2.24) is 19.4 Å². The van der Waals surface area contributed by atoms with Gasteiger partial charge in [-0.15, -0.1) is 0 Å². The number of piperazine rings is 1. The summed E-state index contributed by atoms with van der Waals surface area (Å²) in [7, 11) is 0. The molecule has 3 aromatic rings. The average Bonchev–Trinajstić information content (AvgIpc) is 2.70. The molecule has 1 aliphatic rings. The van der Waals surface area contributed by atoms with Gasteiger partial charge in [-0.2, -0.15) is 0 Å². The zero-order chi connectivity index (χ0) is 20.5. The lowest BCUT2D eigenvalue weighted by molar-refractivity contribution is -0.132. The van der Waals surface area contributed by atoms with Crippen molar-refractivity contribution >= 4 is 22.8 Å². The maximum absolute atomic E-state index is 12.8. The zero-order valence-corrected chi connectivity index (χ0v) is 17.1. The van der Waals surface area contributed by atoms with Gasteiger partial charge in [0.2, 0.25) is 5.91 Å². The van der Waals surface area contributed by atoms with Gasteiger partial charge in [0.25, 0.3) is 0 Å². The molecule has 1 fully saturated rings. The minimum Gasteiger partial charge on any atom is -0.352 e. The van der Waals surface area contributed by atoms with Gasteiger partial charge in [0.15, 0.2) is 11.2 Å². The Morgan fingerprint density at radius 2 is 1.52 bits per heavy atom. The van der Waals surface area contributed by atoms with Crippen LogP contribution in [0.2, 0.25) is 0 Å². The minimum absolute atomic E-state index is 0.0239. The number of nitrogens with zero attached hydrogens (tertiary/aromatic N) is 5. The summed E-state index contributed by atoms with van der Waals surface area (Å²) in [6.45, 7) is 8.70. The molecule has 0 unspecified atom stereocenters. The fourth-order valence-corrected chi connectivity index (χ4v) is 3.92. The molecule has 1 saturated heterocycles. The topological polar surface area (TPSA) is 71.3 Å². The summed E-state index contributed by atoms with van der Waals surface area (Å²) in [5.41, 5.74) is 4.28. The monoisotopic (exact) mass is 391 g/mol. The molecule has 0 saturated carbocycles. The highest BCUT2D eigenvalue weighted by Gasteiger charge is 2.24. The van der Waals surface area contributed by atoms with Crippen LogP contribution in [0.1, 0.15) is 17.1 Å². The second kappa shape index (κ2) is 7.66. The van der Waals surface area contributed by atoms with Crippen LogP contribution < -0.4 is 10.3 Å². The SMILES string of the molecule is Cc1nc2ccccc2nc1N1CCN(C(=O)Cn2c(C)cc(=O)cc2C)CC1. The van der Waals surface area contributed by atoms with E-state index in [0.29, 0.717) is 13.1 Å². The van der Waals surface area contributed by atoms with E-state index in [1.165, 1.54) is 0 Å². The van der Waals surface area contributed by atoms with Gasteiger partial charge in [-0.25, -0.2) is 9.97 Å². The fraction of sp³-hybridized carbons (Fsp3) is 0.364. The third kappa shape index (κ3) is 3.85. The maximum Gasteiger partial charge on any atom is 0.242 e. The number of aryl methyl sites for hydroxylation is 3. The molecule has 0 radical (unpaired) electrons. The molecule has 0 spiro atoms. The number of hydrogen-bond acceptors (Lipinski definition) is 5. The lowest BCUT2D eigenvalue weighted by Gasteiger charge is -2.36. The summed E-state index contributed by atoms with van der Waals surface area (Å²) in [6, 6.07) is 11.0. The van der Waals surface area contributed by atoms with Crippen molar-refractivity contribution in [3.05, 3.63) is 63.7 Å². The van der Waals surface area contributed by atoms with E-state index in [1.807, 2.05) is 54.5 Å². The molecule has 0 aliphatic carbocycles. The van der Waals surface area contributed by atoms with Crippen LogP contribution in [-0.4, -0.2) is 51.5 Å². The third-order valence-corrected chi connectivity index (χ3v) is 5.50. The van der Waals surface area contributed by atoms with Crippen molar-refractivity contribution in [2.24, 2.45) is 0 Å². The molecular formula is C22H25N5O2. The summed E-state index contributed by atoms with van der Waals surface area (Å²) in [6.07, 6.45) is 0. The van der Waals surface area contributed by atoms with E-state index >= 15 is 0 Å². The number of carbonyl (C=O) groups is 1. The Kier molecular flexibility index (Phi) is 5.05. The molecule has 0 atom stereocenters. The van der Waals surface area contributed by atoms with Crippen LogP contribution in [0.3, 0.4) is 0 Å². The third-order valence-electron chi connectivity index (χ3n) is 5.50. The molecule has 1 amide bonds. The minimum atomic E-state index is -0.0239. The highest BCUT2D eigenvalue weighted by Crippen LogP contribution is 2.21. The molecule has 29 heavy (non-hydrogen) atoms. The number of para-hydroxylation sites is 2. The number of pyridine rings is 1. The number of hydrogen-bond donors (Lipinski definition) is 0. The van der Waals surface area contributed by atoms with Crippen molar-refractivity contribution in [2.45, 2.75) is 27.3 Å². The Hall–Kier alpha value is -3.22. The Morgan fingerprint density at radius 3 is 2.14 bits per heavy atom. The first-order valence-corrected chi connectivity index (χ1v) is 9.86. The lowest BCUT2D eigenvalue weighted by Crippen LogP contribution is -2.50. The van der Waals surface area contributed by atoms with E-state index in [2.05, 4.69) is 9.88 Å². The van der Waals surface area contributed by atoms with Crippen LogP contribution in [0, 0.1) is 20.8 Å². The maximum atomic E-state index is 12.8. The largest absolute Gasteiger partial charge is 0.352 e. The fourth-order valence-electron chi connectivity index (χ4n) is 3.92. The summed E-state index contributed by atoms with van der Waals surface area (Å²) in [5, 5.41) is 0. The van der Waals surface area contributed by atoms with Gasteiger partial charge in [0, 0.05) is 49.7 Å². The Labute approximate surface area is 169 Å². The van der Waals surface area contributed by atoms with Gasteiger partial charge in [0.05, 0.1) is 16.7 Å². The highest BCUT2D eigenvalue weighted by atomic mass is 16.2. The van der Waals surface area contributed by atoms with Crippen molar-refractivity contribution < 1.29 is 4.79 Å². The van der Waals surface area contributed by atoms with E-state index in [4.69, 9.17) is 4.98 Å². The molecule has 7 nitrogen and oxygen atoms in total. The van der Waals surface area contributed by atoms with Gasteiger partial charge < -0.3 is 14.4 Å². The molecule has 2 aromatic heterocycles. The van der Waals surface area contributed by atoms with Gasteiger partial charge in [-0.1, -0.05) is 12.1 Å². The van der Waals surface area contributed by atoms with Crippen molar-refractivity contribution in [3.63, 3.8) is 0 Å². The van der Waals surface area contributed by atoms with Crippen molar-refractivity contribution in [1.29, 1.82) is 0 Å². The van der Waals surface area contributed by atoms with Crippen LogP contribution >= 0.6 is 0 Å². The predicted molar refractivity (Wildman–Crippen MR) is 113 cm³/mol. The second-order valence-electron chi connectivity index (χ2n) is 7.55. The van der Waals surface area contributed by atoms with E-state index < -0.39 is 0 Å². The standard InChI is InChI=1S/C22H25N5O2/c1-15-12-18(28)13-16(2)27(15)14-21(29)25-8-10-26(11-9-25)22-17(3)23-19-6-4-5-7-20(19)24-22/h4-7,12-13H,8-11,14H2,1-3H3. The molecule has 1 aromatic carbocycles. The zero-order valence-electron chi connectivity index (χ0n) is 17.1. The van der Waals surface area contributed by atoms with Crippen LogP contribution in [-0.2, 0) is 11.3 Å². The first-order valence-electron chi connectivity index (χ1n) is 9.86. The molecule has 4 rings (SSSR count). The molecule has 150 valence electrons. The predicted octanol–water partition coefficient (Wildman–Crippen LogP) is 2.07. The summed E-state index contributed by atoms with van der Waals surface area (Å²) < 4.78 is 1.90. The molecular weight excluding hydrogens is 366 g/mol. The molecule has 0 bridgehead atoms. The Bertz CT molecular complexity index is 1100. The molecule has 0 N–H and O–H groups in total. The van der Waals surface area contributed by atoms with E-state index in [-0.39, 0.29) is 17.9 Å². The van der Waals surface area contributed by atoms with Gasteiger partial charge in [0.1, 0.15) is 6.54 Å².